The molecule has 4 nitrogen and oxygen atoms in total. The molecule has 0 unspecified atom stereocenters. The highest BCUT2D eigenvalue weighted by atomic mass is 19.4. The molecule has 4 aromatic carbocycles. The fraction of sp³-hybridized carbons (Fsp3) is 0.478. The minimum absolute atomic E-state index is 0.0188. The van der Waals surface area contributed by atoms with Crippen LogP contribution in [0.15, 0.2) is 48.5 Å². The second-order valence-corrected chi connectivity index (χ2v) is 18.3. The van der Waals surface area contributed by atoms with Crippen LogP contribution in [0.25, 0.3) is 33.4 Å². The Labute approximate surface area is 352 Å². The number of halogens is 12. The van der Waals surface area contributed by atoms with Gasteiger partial charge in [0.25, 0.3) is 0 Å². The second kappa shape index (κ2) is 15.7. The van der Waals surface area contributed by atoms with E-state index in [-0.39, 0.29) is 65.0 Å². The molecule has 0 aromatic heterocycles. The van der Waals surface area contributed by atoms with Gasteiger partial charge in [-0.05, 0) is 81.6 Å². The van der Waals surface area contributed by atoms with Crippen molar-refractivity contribution in [2.24, 2.45) is 0 Å². The molecule has 16 heteroatoms. The minimum atomic E-state index is -5.20. The van der Waals surface area contributed by atoms with Crippen LogP contribution in [-0.4, -0.2) is 45.0 Å². The van der Waals surface area contributed by atoms with Gasteiger partial charge in [0, 0.05) is 53.3 Å². The molecule has 4 aromatic rings. The third kappa shape index (κ3) is 8.74. The largest absolute Gasteiger partial charge is 0.496 e. The zero-order valence-electron chi connectivity index (χ0n) is 35.6. The van der Waals surface area contributed by atoms with Gasteiger partial charge in [0.15, 0.2) is 0 Å². The maximum absolute atomic E-state index is 14.5. The molecule has 2 heterocycles. The van der Waals surface area contributed by atoms with Gasteiger partial charge < -0.3 is 18.7 Å². The Kier molecular flexibility index (Phi) is 11.9. The Morgan fingerprint density at radius 2 is 0.855 bits per heavy atom. The Hall–Kier alpha value is -4.44. The fourth-order valence-corrected chi connectivity index (χ4v) is 9.20. The van der Waals surface area contributed by atoms with E-state index in [0.29, 0.717) is 77.0 Å². The summed E-state index contributed by atoms with van der Waals surface area (Å²) in [5.74, 6) is 0.0375. The van der Waals surface area contributed by atoms with E-state index in [2.05, 4.69) is 0 Å². The van der Waals surface area contributed by atoms with Crippen LogP contribution in [0.4, 0.5) is 52.7 Å². The highest BCUT2D eigenvalue weighted by Crippen LogP contribution is 2.56. The first-order chi connectivity index (χ1) is 28.4. The Morgan fingerprint density at radius 1 is 0.516 bits per heavy atom. The second-order valence-electron chi connectivity index (χ2n) is 18.3. The molecule has 2 aliphatic rings. The first kappa shape index (κ1) is 47.0. The molecule has 6 rings (SSSR count). The van der Waals surface area contributed by atoms with Crippen molar-refractivity contribution in [1.82, 2.24) is 0 Å². The minimum Gasteiger partial charge on any atom is -0.496 e. The molecular weight excluding hydrogens is 842 g/mol. The highest BCUT2D eigenvalue weighted by molar-refractivity contribution is 5.91. The molecule has 62 heavy (non-hydrogen) atoms. The summed E-state index contributed by atoms with van der Waals surface area (Å²) >= 11 is 0. The Balaban J connectivity index is 1.93. The number of hydrogen-bond acceptors (Lipinski definition) is 3. The SMILES string of the molecule is COC[C@@H]1CCC[N+]12Cc1c(cc(C(C)(C)C)c(OC)c1-c1cc(C(F)(F)F)cc(C(F)(F)F)c1)-c1cc(C(C)(C)C)c(OC)c(-c3cc(C(F)(F)F)cc(C(F)(F)F)c3)c1C2. The van der Waals surface area contributed by atoms with Gasteiger partial charge in [0.1, 0.15) is 30.6 Å². The van der Waals surface area contributed by atoms with Crippen molar-refractivity contribution < 1.29 is 71.4 Å². The standard InChI is InChI=1S/C46H48F12NO3/c1-41(2,3)35-19-31-32-20-36(42(4,5)6)40(62-9)38(25-15-28(45(53,54)55)18-29(16-25)46(56,57)58)34(32)22-59(12-10-11-30(59)23-60-7)21-33(31)37(39(35)61-8)24-13-26(43(47,48)49)17-27(14-24)44(50,51)52/h13-20,30H,10-12,21-23H2,1-9H3/q+1/t30-/m0/s1. The van der Waals surface area contributed by atoms with Gasteiger partial charge >= 0.3 is 24.7 Å². The molecule has 1 saturated heterocycles. The normalized spacial score (nSPS) is 17.2. The smallest absolute Gasteiger partial charge is 0.416 e. The number of rotatable bonds is 6. The summed E-state index contributed by atoms with van der Waals surface area (Å²) in [5.41, 5.74) is -6.98. The maximum atomic E-state index is 14.5. The zero-order valence-corrected chi connectivity index (χ0v) is 35.6. The number of quaternary nitrogens is 1. The molecule has 0 aliphatic carbocycles. The molecule has 2 aliphatic heterocycles. The number of ether oxygens (including phenoxy) is 3. The van der Waals surface area contributed by atoms with Crippen LogP contribution in [0.5, 0.6) is 11.5 Å². The summed E-state index contributed by atoms with van der Waals surface area (Å²) in [6, 6.07) is 5.75. The molecular formula is C46H48F12NO3+. The van der Waals surface area contributed by atoms with Gasteiger partial charge in [0.05, 0.1) is 49.6 Å². The zero-order chi connectivity index (χ0) is 46.3. The average Bonchev–Trinajstić information content (AvgIpc) is 3.45. The number of hydrogen-bond donors (Lipinski definition) is 0. The maximum Gasteiger partial charge on any atom is 0.416 e. The van der Waals surface area contributed by atoms with Crippen molar-refractivity contribution >= 4 is 0 Å². The molecule has 0 amide bonds. The number of benzene rings is 4. The summed E-state index contributed by atoms with van der Waals surface area (Å²) < 4.78 is 192. The lowest BCUT2D eigenvalue weighted by atomic mass is 9.76. The third-order valence-electron chi connectivity index (χ3n) is 12.1. The lowest BCUT2D eigenvalue weighted by Gasteiger charge is -2.40. The Bertz CT molecular complexity index is 2140. The number of fused-ring (bicyclic) bond motifs is 3. The van der Waals surface area contributed by atoms with Gasteiger partial charge in [-0.25, -0.2) is 0 Å². The van der Waals surface area contributed by atoms with Gasteiger partial charge in [0.2, 0.25) is 0 Å². The first-order valence-corrected chi connectivity index (χ1v) is 19.8. The van der Waals surface area contributed by atoms with Crippen LogP contribution in [0.2, 0.25) is 0 Å². The van der Waals surface area contributed by atoms with Crippen LogP contribution in [0.1, 0.15) is 98.9 Å². The van der Waals surface area contributed by atoms with Crippen LogP contribution < -0.4 is 9.47 Å². The number of nitrogens with zero attached hydrogens (tertiary/aromatic N) is 1. The highest BCUT2D eigenvalue weighted by Gasteiger charge is 2.48. The van der Waals surface area contributed by atoms with Crippen LogP contribution in [0, 0.1) is 0 Å². The molecule has 0 radical (unpaired) electrons. The van der Waals surface area contributed by atoms with Gasteiger partial charge in [-0.15, -0.1) is 0 Å². The van der Waals surface area contributed by atoms with Crippen molar-refractivity contribution in [2.75, 3.05) is 34.5 Å². The van der Waals surface area contributed by atoms with Crippen molar-refractivity contribution in [3.05, 3.63) is 93.0 Å². The molecule has 0 saturated carbocycles. The summed E-state index contributed by atoms with van der Waals surface area (Å²) in [7, 11) is 4.00. The predicted octanol–water partition coefficient (Wildman–Crippen LogP) is 14.0. The quantitative estimate of drug-likeness (QED) is 0.143. The van der Waals surface area contributed by atoms with Crippen LogP contribution in [-0.2, 0) is 53.4 Å². The van der Waals surface area contributed by atoms with E-state index in [1.54, 1.807) is 53.7 Å². The van der Waals surface area contributed by atoms with Crippen LogP contribution in [0.3, 0.4) is 0 Å². The molecule has 338 valence electrons. The van der Waals surface area contributed by atoms with Crippen molar-refractivity contribution in [1.29, 1.82) is 0 Å². The Morgan fingerprint density at radius 3 is 1.13 bits per heavy atom. The van der Waals surface area contributed by atoms with Gasteiger partial charge in [-0.1, -0.05) is 41.5 Å². The molecule has 0 N–H and O–H groups in total. The van der Waals surface area contributed by atoms with E-state index in [1.807, 2.05) is 0 Å². The van der Waals surface area contributed by atoms with Crippen molar-refractivity contribution in [2.45, 2.75) is 109 Å². The van der Waals surface area contributed by atoms with E-state index in [0.717, 1.165) is 0 Å². The average molecular weight is 891 g/mol. The summed E-state index contributed by atoms with van der Waals surface area (Å²) in [4.78, 5) is 0. The molecule has 0 bridgehead atoms. The van der Waals surface area contributed by atoms with E-state index in [9.17, 15) is 52.7 Å². The first-order valence-electron chi connectivity index (χ1n) is 19.8. The van der Waals surface area contributed by atoms with E-state index in [4.69, 9.17) is 14.2 Å². The topological polar surface area (TPSA) is 27.7 Å². The third-order valence-corrected chi connectivity index (χ3v) is 12.1. The van der Waals surface area contributed by atoms with E-state index >= 15 is 0 Å². The van der Waals surface area contributed by atoms with Gasteiger partial charge in [-0.2, -0.15) is 52.7 Å². The van der Waals surface area contributed by atoms with Crippen LogP contribution >= 0.6 is 0 Å². The number of alkyl halides is 12. The summed E-state index contributed by atoms with van der Waals surface area (Å²) in [5, 5.41) is 0. The monoisotopic (exact) mass is 890 g/mol. The molecule has 1 fully saturated rings. The van der Waals surface area contributed by atoms with E-state index < -0.39 is 68.9 Å². The van der Waals surface area contributed by atoms with E-state index in [1.165, 1.54) is 21.3 Å². The fourth-order valence-electron chi connectivity index (χ4n) is 9.20. The lowest BCUT2D eigenvalue weighted by Crippen LogP contribution is -2.51. The van der Waals surface area contributed by atoms with Crippen molar-refractivity contribution in [3.8, 4) is 44.9 Å². The predicted molar refractivity (Wildman–Crippen MR) is 211 cm³/mol. The lowest BCUT2D eigenvalue weighted by molar-refractivity contribution is -0.964. The summed E-state index contributed by atoms with van der Waals surface area (Å²) in [6.07, 6.45) is -19.7. The number of methoxy groups -OCH3 is 3. The molecule has 1 atom stereocenters. The van der Waals surface area contributed by atoms with Gasteiger partial charge in [-0.3, -0.25) is 0 Å². The summed E-state index contributed by atoms with van der Waals surface area (Å²) in [6.45, 7) is 11.1. The molecule has 1 spiro atoms. The van der Waals surface area contributed by atoms with Crippen molar-refractivity contribution in [3.63, 3.8) is 0 Å².